The highest BCUT2D eigenvalue weighted by atomic mass is 16.6. The molecule has 0 radical (unpaired) electrons. The van der Waals surface area contributed by atoms with Gasteiger partial charge in [-0.15, -0.1) is 0 Å². The highest BCUT2D eigenvalue weighted by molar-refractivity contribution is 5.59. The van der Waals surface area contributed by atoms with E-state index in [1.165, 1.54) is 20.3 Å². The lowest BCUT2D eigenvalue weighted by Gasteiger charge is -2.32. The maximum absolute atomic E-state index is 11.5. The largest absolute Gasteiger partial charge is 0.493 e. The first-order chi connectivity index (χ1) is 12.0. The van der Waals surface area contributed by atoms with Crippen LogP contribution in [0.4, 0.5) is 5.69 Å². The number of fused-ring (bicyclic) bond motifs is 1. The number of hydrogen-bond acceptors (Lipinski definition) is 5. The van der Waals surface area contributed by atoms with Crippen LogP contribution < -0.4 is 9.47 Å². The maximum Gasteiger partial charge on any atom is 0.276 e. The summed E-state index contributed by atoms with van der Waals surface area (Å²) in [6.07, 6.45) is 4.54. The molecule has 1 aliphatic heterocycles. The molecule has 2 aromatic carbocycles. The summed E-state index contributed by atoms with van der Waals surface area (Å²) in [5, 5.41) is 11.5. The molecule has 0 saturated heterocycles. The Morgan fingerprint density at radius 1 is 1.16 bits per heavy atom. The number of benzene rings is 2. The molecule has 25 heavy (non-hydrogen) atoms. The van der Waals surface area contributed by atoms with Crippen LogP contribution in [0.5, 0.6) is 11.5 Å². The van der Waals surface area contributed by atoms with Crippen molar-refractivity contribution in [1.29, 1.82) is 0 Å². The highest BCUT2D eigenvalue weighted by Gasteiger charge is 2.26. The quantitative estimate of drug-likeness (QED) is 0.612. The summed E-state index contributed by atoms with van der Waals surface area (Å²) >= 11 is 0. The SMILES string of the molecule is COc1cc(CC2c3ccccc3C=CN2C)c([N+](=O)[O-])cc1OC. The van der Waals surface area contributed by atoms with Gasteiger partial charge in [-0.3, -0.25) is 10.1 Å². The molecule has 1 aliphatic rings. The Balaban J connectivity index is 2.05. The van der Waals surface area contributed by atoms with Crippen molar-refractivity contribution >= 4 is 11.8 Å². The Labute approximate surface area is 146 Å². The van der Waals surface area contributed by atoms with E-state index in [0.29, 0.717) is 23.5 Å². The Morgan fingerprint density at radius 2 is 1.84 bits per heavy atom. The zero-order valence-electron chi connectivity index (χ0n) is 14.4. The van der Waals surface area contributed by atoms with Gasteiger partial charge in [0.05, 0.1) is 31.3 Å². The van der Waals surface area contributed by atoms with E-state index in [9.17, 15) is 10.1 Å². The minimum absolute atomic E-state index is 0.0120. The number of nitrogens with zero attached hydrogens (tertiary/aromatic N) is 2. The summed E-state index contributed by atoms with van der Waals surface area (Å²) in [6, 6.07) is 11.2. The summed E-state index contributed by atoms with van der Waals surface area (Å²) < 4.78 is 10.5. The van der Waals surface area contributed by atoms with E-state index in [0.717, 1.165) is 11.1 Å². The van der Waals surface area contributed by atoms with Crippen molar-refractivity contribution < 1.29 is 14.4 Å². The van der Waals surface area contributed by atoms with Crippen molar-refractivity contribution in [3.8, 4) is 11.5 Å². The second-order valence-electron chi connectivity index (χ2n) is 5.92. The minimum Gasteiger partial charge on any atom is -0.493 e. The number of rotatable bonds is 5. The zero-order valence-corrected chi connectivity index (χ0v) is 14.4. The molecule has 0 N–H and O–H groups in total. The Hall–Kier alpha value is -3.02. The molecule has 0 aromatic heterocycles. The van der Waals surface area contributed by atoms with Gasteiger partial charge < -0.3 is 14.4 Å². The van der Waals surface area contributed by atoms with Crippen LogP contribution in [0, 0.1) is 10.1 Å². The number of nitro groups is 1. The van der Waals surface area contributed by atoms with Gasteiger partial charge in [-0.25, -0.2) is 0 Å². The van der Waals surface area contributed by atoms with E-state index in [1.54, 1.807) is 6.07 Å². The van der Waals surface area contributed by atoms with Crippen LogP contribution in [0.2, 0.25) is 0 Å². The molecule has 6 heteroatoms. The van der Waals surface area contributed by atoms with Crippen LogP contribution >= 0.6 is 0 Å². The number of methoxy groups -OCH3 is 2. The predicted octanol–water partition coefficient (Wildman–Crippen LogP) is 3.81. The fraction of sp³-hybridized carbons (Fsp3) is 0.263. The predicted molar refractivity (Wildman–Crippen MR) is 95.9 cm³/mol. The lowest BCUT2D eigenvalue weighted by Crippen LogP contribution is -2.24. The van der Waals surface area contributed by atoms with Crippen molar-refractivity contribution in [3.05, 3.63) is 69.4 Å². The monoisotopic (exact) mass is 340 g/mol. The van der Waals surface area contributed by atoms with Crippen LogP contribution in [-0.2, 0) is 6.42 Å². The second kappa shape index (κ2) is 6.84. The molecule has 0 saturated carbocycles. The van der Waals surface area contributed by atoms with Gasteiger partial charge in [0.2, 0.25) is 0 Å². The maximum atomic E-state index is 11.5. The van der Waals surface area contributed by atoms with Gasteiger partial charge in [0.15, 0.2) is 11.5 Å². The van der Waals surface area contributed by atoms with Gasteiger partial charge in [0, 0.05) is 19.0 Å². The molecule has 130 valence electrons. The highest BCUT2D eigenvalue weighted by Crippen LogP contribution is 2.39. The van der Waals surface area contributed by atoms with Crippen LogP contribution in [0.15, 0.2) is 42.6 Å². The average molecular weight is 340 g/mol. The summed E-state index contributed by atoms with van der Waals surface area (Å²) in [7, 11) is 4.97. The van der Waals surface area contributed by atoms with Crippen molar-refractivity contribution in [2.24, 2.45) is 0 Å². The minimum atomic E-state index is -0.373. The first kappa shape index (κ1) is 16.8. The van der Waals surface area contributed by atoms with E-state index in [2.05, 4.69) is 23.1 Å². The normalized spacial score (nSPS) is 15.6. The molecule has 0 aliphatic carbocycles. The fourth-order valence-electron chi connectivity index (χ4n) is 3.19. The van der Waals surface area contributed by atoms with Crippen LogP contribution in [0.25, 0.3) is 6.08 Å². The van der Waals surface area contributed by atoms with Crippen molar-refractivity contribution in [1.82, 2.24) is 4.90 Å². The lowest BCUT2D eigenvalue weighted by atomic mass is 9.91. The van der Waals surface area contributed by atoms with E-state index in [-0.39, 0.29) is 16.7 Å². The topological polar surface area (TPSA) is 64.8 Å². The van der Waals surface area contributed by atoms with Gasteiger partial charge >= 0.3 is 0 Å². The van der Waals surface area contributed by atoms with Gasteiger partial charge in [-0.2, -0.15) is 0 Å². The molecule has 0 fully saturated rings. The molecule has 6 nitrogen and oxygen atoms in total. The number of nitro benzene ring substituents is 1. The summed E-state index contributed by atoms with van der Waals surface area (Å²) in [5.74, 6) is 0.848. The molecular formula is C19H20N2O4. The van der Waals surface area contributed by atoms with E-state index in [1.807, 2.05) is 25.4 Å². The Morgan fingerprint density at radius 3 is 2.52 bits per heavy atom. The van der Waals surface area contributed by atoms with Crippen LogP contribution in [0.1, 0.15) is 22.7 Å². The van der Waals surface area contributed by atoms with Crippen molar-refractivity contribution in [2.75, 3.05) is 21.3 Å². The molecule has 1 atom stereocenters. The fourth-order valence-corrected chi connectivity index (χ4v) is 3.19. The second-order valence-corrected chi connectivity index (χ2v) is 5.92. The molecule has 0 spiro atoms. The molecule has 1 unspecified atom stereocenters. The third-order valence-electron chi connectivity index (χ3n) is 4.53. The van der Waals surface area contributed by atoms with Crippen molar-refractivity contribution in [3.63, 3.8) is 0 Å². The van der Waals surface area contributed by atoms with E-state index < -0.39 is 0 Å². The number of likely N-dealkylation sites (N-methyl/N-ethyl adjacent to an activating group) is 1. The third kappa shape index (κ3) is 3.15. The number of hydrogen-bond donors (Lipinski definition) is 0. The molecule has 3 rings (SSSR count). The summed E-state index contributed by atoms with van der Waals surface area (Å²) in [4.78, 5) is 13.2. The van der Waals surface area contributed by atoms with Crippen LogP contribution in [0.3, 0.4) is 0 Å². The standard InChI is InChI=1S/C19H20N2O4/c1-20-9-8-13-6-4-5-7-15(13)17(20)10-14-11-18(24-2)19(25-3)12-16(14)21(22)23/h4-9,11-12,17H,10H2,1-3H3. The Kier molecular flexibility index (Phi) is 4.61. The van der Waals surface area contributed by atoms with Gasteiger partial charge in [-0.05, 0) is 29.5 Å². The van der Waals surface area contributed by atoms with Gasteiger partial charge in [0.1, 0.15) is 0 Å². The summed E-state index contributed by atoms with van der Waals surface area (Å²) in [6.45, 7) is 0. The molecule has 1 heterocycles. The molecule has 0 bridgehead atoms. The lowest BCUT2D eigenvalue weighted by molar-refractivity contribution is -0.385. The Bertz CT molecular complexity index is 832. The number of ether oxygens (including phenoxy) is 2. The summed E-state index contributed by atoms with van der Waals surface area (Å²) in [5.41, 5.74) is 2.94. The molecule has 2 aromatic rings. The van der Waals surface area contributed by atoms with Gasteiger partial charge in [0.25, 0.3) is 5.69 Å². The van der Waals surface area contributed by atoms with Crippen LogP contribution in [-0.4, -0.2) is 31.1 Å². The average Bonchev–Trinajstić information content (AvgIpc) is 2.63. The smallest absolute Gasteiger partial charge is 0.276 e. The zero-order chi connectivity index (χ0) is 18.0. The third-order valence-corrected chi connectivity index (χ3v) is 4.53. The molecule has 0 amide bonds. The first-order valence-electron chi connectivity index (χ1n) is 7.93. The first-order valence-corrected chi connectivity index (χ1v) is 7.93. The van der Waals surface area contributed by atoms with Gasteiger partial charge in [-0.1, -0.05) is 24.3 Å². The van der Waals surface area contributed by atoms with Crippen molar-refractivity contribution in [2.45, 2.75) is 12.5 Å². The van der Waals surface area contributed by atoms with E-state index in [4.69, 9.17) is 9.47 Å². The molecular weight excluding hydrogens is 320 g/mol. The van der Waals surface area contributed by atoms with E-state index >= 15 is 0 Å².